The van der Waals surface area contributed by atoms with E-state index in [1.807, 2.05) is 0 Å². The second-order valence-corrected chi connectivity index (χ2v) is 6.47. The van der Waals surface area contributed by atoms with E-state index in [2.05, 4.69) is 14.9 Å². The van der Waals surface area contributed by atoms with Crippen molar-refractivity contribution < 1.29 is 8.42 Å². The first-order valence-electron chi connectivity index (χ1n) is 5.68. The van der Waals surface area contributed by atoms with Gasteiger partial charge in [0.1, 0.15) is 4.90 Å². The molecule has 1 saturated carbocycles. The van der Waals surface area contributed by atoms with Crippen LogP contribution in [0.15, 0.2) is 17.3 Å². The molecule has 7 heteroatoms. The Morgan fingerprint density at radius 1 is 1.47 bits per heavy atom. The first-order valence-corrected chi connectivity index (χ1v) is 7.69. The number of hydrogen-bond acceptors (Lipinski definition) is 3. The second-order valence-electron chi connectivity index (χ2n) is 4.39. The zero-order valence-corrected chi connectivity index (χ0v) is 11.0. The van der Waals surface area contributed by atoms with E-state index in [1.165, 1.54) is 12.4 Å². The molecule has 0 radical (unpaired) electrons. The highest BCUT2D eigenvalue weighted by atomic mass is 35.5. The molecule has 0 spiro atoms. The summed E-state index contributed by atoms with van der Waals surface area (Å²) in [6.45, 7) is 0.463. The van der Waals surface area contributed by atoms with E-state index in [-0.39, 0.29) is 4.90 Å². The molecule has 1 aromatic rings. The van der Waals surface area contributed by atoms with Gasteiger partial charge in [-0.15, -0.1) is 11.6 Å². The summed E-state index contributed by atoms with van der Waals surface area (Å²) in [6, 6.07) is 0. The van der Waals surface area contributed by atoms with Gasteiger partial charge in [-0.1, -0.05) is 6.42 Å². The lowest BCUT2D eigenvalue weighted by molar-refractivity contribution is 0.418. The largest absolute Gasteiger partial charge is 0.284 e. The number of nitrogens with zero attached hydrogens (tertiary/aromatic N) is 1. The van der Waals surface area contributed by atoms with Crippen LogP contribution in [0, 0.1) is 11.8 Å². The molecule has 0 amide bonds. The Labute approximate surface area is 106 Å². The summed E-state index contributed by atoms with van der Waals surface area (Å²) in [4.78, 5) is 0.179. The van der Waals surface area contributed by atoms with Crippen LogP contribution in [0.3, 0.4) is 0 Å². The van der Waals surface area contributed by atoms with Gasteiger partial charge in [-0.2, -0.15) is 5.10 Å². The molecule has 1 aromatic heterocycles. The van der Waals surface area contributed by atoms with Crippen LogP contribution >= 0.6 is 11.6 Å². The molecule has 17 heavy (non-hydrogen) atoms. The van der Waals surface area contributed by atoms with Crippen LogP contribution in [-0.4, -0.2) is 31.0 Å². The highest BCUT2D eigenvalue weighted by molar-refractivity contribution is 7.89. The van der Waals surface area contributed by atoms with Gasteiger partial charge in [-0.25, -0.2) is 13.1 Å². The van der Waals surface area contributed by atoms with E-state index < -0.39 is 10.0 Å². The van der Waals surface area contributed by atoms with E-state index in [0.717, 1.165) is 19.3 Å². The molecule has 2 N–H and O–H groups in total. The van der Waals surface area contributed by atoms with Gasteiger partial charge in [0.25, 0.3) is 0 Å². The van der Waals surface area contributed by atoms with Crippen LogP contribution in [0.4, 0.5) is 0 Å². The van der Waals surface area contributed by atoms with Crippen molar-refractivity contribution in [2.45, 2.75) is 24.2 Å². The van der Waals surface area contributed by atoms with Crippen LogP contribution in [0.25, 0.3) is 0 Å². The Bertz CT molecular complexity index is 446. The van der Waals surface area contributed by atoms with Crippen molar-refractivity contribution in [1.29, 1.82) is 0 Å². The highest BCUT2D eigenvalue weighted by Gasteiger charge is 2.28. The summed E-state index contributed by atoms with van der Waals surface area (Å²) in [5, 5.41) is 6.13. The average Bonchev–Trinajstić information content (AvgIpc) is 2.97. The molecule has 1 aliphatic carbocycles. The Hall–Kier alpha value is -0.590. The topological polar surface area (TPSA) is 74.8 Å². The predicted octanol–water partition coefficient (Wildman–Crippen LogP) is 1.34. The Morgan fingerprint density at radius 3 is 2.88 bits per heavy atom. The Balaban J connectivity index is 1.94. The summed E-state index contributed by atoms with van der Waals surface area (Å²) in [6.07, 6.45) is 5.95. The molecular weight excluding hydrogens is 262 g/mol. The summed E-state index contributed by atoms with van der Waals surface area (Å²) >= 11 is 5.86. The number of rotatable bonds is 5. The summed E-state index contributed by atoms with van der Waals surface area (Å²) in [5.74, 6) is 1.40. The van der Waals surface area contributed by atoms with Crippen molar-refractivity contribution in [1.82, 2.24) is 14.9 Å². The van der Waals surface area contributed by atoms with Crippen LogP contribution < -0.4 is 4.72 Å². The number of hydrogen-bond donors (Lipinski definition) is 2. The molecule has 1 heterocycles. The zero-order chi connectivity index (χ0) is 12.3. The van der Waals surface area contributed by atoms with Crippen LogP contribution in [0.5, 0.6) is 0 Å². The number of H-pyrrole nitrogens is 1. The van der Waals surface area contributed by atoms with E-state index in [0.29, 0.717) is 24.3 Å². The smallest absolute Gasteiger partial charge is 0.243 e. The van der Waals surface area contributed by atoms with Crippen LogP contribution in [-0.2, 0) is 10.0 Å². The second kappa shape index (κ2) is 5.37. The van der Waals surface area contributed by atoms with Crippen molar-refractivity contribution in [3.63, 3.8) is 0 Å². The monoisotopic (exact) mass is 277 g/mol. The van der Waals surface area contributed by atoms with Gasteiger partial charge < -0.3 is 0 Å². The van der Waals surface area contributed by atoms with Crippen molar-refractivity contribution in [2.24, 2.45) is 11.8 Å². The minimum atomic E-state index is -3.42. The third-order valence-corrected chi connectivity index (χ3v) is 5.12. The van der Waals surface area contributed by atoms with E-state index in [9.17, 15) is 8.42 Å². The number of halogens is 1. The van der Waals surface area contributed by atoms with Crippen molar-refractivity contribution in [3.05, 3.63) is 12.4 Å². The predicted molar refractivity (Wildman–Crippen MR) is 65.3 cm³/mol. The van der Waals surface area contributed by atoms with Gasteiger partial charge in [0.15, 0.2) is 0 Å². The third kappa shape index (κ3) is 3.00. The summed E-state index contributed by atoms with van der Waals surface area (Å²) in [7, 11) is -3.42. The molecule has 2 rings (SSSR count). The lowest BCUT2D eigenvalue weighted by Gasteiger charge is -2.17. The SMILES string of the molecule is O=S(=O)(NCC1CCCC1CCl)c1cn[nH]c1. The van der Waals surface area contributed by atoms with Crippen molar-refractivity contribution in [2.75, 3.05) is 12.4 Å². The van der Waals surface area contributed by atoms with E-state index in [1.54, 1.807) is 0 Å². The molecule has 0 aliphatic heterocycles. The number of sulfonamides is 1. The van der Waals surface area contributed by atoms with Gasteiger partial charge in [-0.3, -0.25) is 5.10 Å². The number of alkyl halides is 1. The third-order valence-electron chi connectivity index (χ3n) is 3.33. The van der Waals surface area contributed by atoms with Gasteiger partial charge in [0.2, 0.25) is 10.0 Å². The lowest BCUT2D eigenvalue weighted by atomic mass is 9.98. The molecule has 96 valence electrons. The van der Waals surface area contributed by atoms with Gasteiger partial charge in [-0.05, 0) is 24.7 Å². The fraction of sp³-hybridized carbons (Fsp3) is 0.700. The maximum absolute atomic E-state index is 11.8. The van der Waals surface area contributed by atoms with Crippen LogP contribution in [0.1, 0.15) is 19.3 Å². The minimum absolute atomic E-state index is 0.179. The molecule has 1 aliphatic rings. The fourth-order valence-electron chi connectivity index (χ4n) is 2.27. The first-order chi connectivity index (χ1) is 8.13. The molecule has 2 unspecified atom stereocenters. The van der Waals surface area contributed by atoms with Crippen molar-refractivity contribution >= 4 is 21.6 Å². The average molecular weight is 278 g/mol. The van der Waals surface area contributed by atoms with Crippen LogP contribution in [0.2, 0.25) is 0 Å². The summed E-state index contributed by atoms with van der Waals surface area (Å²) in [5.41, 5.74) is 0. The van der Waals surface area contributed by atoms with E-state index >= 15 is 0 Å². The minimum Gasteiger partial charge on any atom is -0.284 e. The van der Waals surface area contributed by atoms with Crippen molar-refractivity contribution in [3.8, 4) is 0 Å². The normalized spacial score (nSPS) is 25.2. The Kier molecular flexibility index (Phi) is 4.06. The molecule has 0 bridgehead atoms. The molecule has 5 nitrogen and oxygen atoms in total. The number of aromatic amines is 1. The van der Waals surface area contributed by atoms with Gasteiger partial charge in [0.05, 0.1) is 6.20 Å². The summed E-state index contributed by atoms with van der Waals surface area (Å²) < 4.78 is 26.3. The fourth-order valence-corrected chi connectivity index (χ4v) is 3.68. The lowest BCUT2D eigenvalue weighted by Crippen LogP contribution is -2.31. The zero-order valence-electron chi connectivity index (χ0n) is 9.39. The number of nitrogens with one attached hydrogen (secondary N) is 2. The van der Waals surface area contributed by atoms with Gasteiger partial charge >= 0.3 is 0 Å². The highest BCUT2D eigenvalue weighted by Crippen LogP contribution is 2.32. The molecule has 2 atom stereocenters. The molecular formula is C10H16ClN3O2S. The molecule has 0 aromatic carbocycles. The maximum Gasteiger partial charge on any atom is 0.243 e. The quantitative estimate of drug-likeness (QED) is 0.798. The van der Waals surface area contributed by atoms with Gasteiger partial charge in [0, 0.05) is 18.6 Å². The molecule has 1 fully saturated rings. The molecule has 0 saturated heterocycles. The Morgan fingerprint density at radius 2 is 2.24 bits per heavy atom. The first kappa shape index (κ1) is 12.9. The standard InChI is InChI=1S/C10H16ClN3O2S/c11-4-8-2-1-3-9(8)5-14-17(15,16)10-6-12-13-7-10/h6-9,14H,1-5H2,(H,12,13). The van der Waals surface area contributed by atoms with E-state index in [4.69, 9.17) is 11.6 Å². The number of aromatic nitrogens is 2. The maximum atomic E-state index is 11.8.